The second kappa shape index (κ2) is 34.7. The van der Waals surface area contributed by atoms with Crippen LogP contribution in [0.2, 0.25) is 0 Å². The zero-order valence-corrected chi connectivity index (χ0v) is 51.7. The van der Waals surface area contributed by atoms with Crippen LogP contribution in [0.15, 0.2) is 109 Å². The molecule has 6 aromatic carbocycles. The molecule has 370 valence electrons. The molecule has 2 aliphatic carbocycles. The minimum atomic E-state index is -0.826. The van der Waals surface area contributed by atoms with Crippen LogP contribution in [0.3, 0.4) is 0 Å². The van der Waals surface area contributed by atoms with Gasteiger partial charge in [-0.3, -0.25) is 0 Å². The van der Waals surface area contributed by atoms with Gasteiger partial charge in [-0.05, 0) is 97.3 Å². The van der Waals surface area contributed by atoms with E-state index in [0.29, 0.717) is 20.3 Å². The van der Waals surface area contributed by atoms with E-state index in [0.717, 1.165) is 12.8 Å². The third kappa shape index (κ3) is 20.1. The Balaban J connectivity index is 0.000000257. The van der Waals surface area contributed by atoms with Gasteiger partial charge in [-0.1, -0.05) is 189 Å². The molecule has 0 N–H and O–H groups in total. The molecule has 2 fully saturated rings. The summed E-state index contributed by atoms with van der Waals surface area (Å²) >= 11 is -1.65. The second-order valence-electron chi connectivity index (χ2n) is 19.9. The predicted octanol–water partition coefficient (Wildman–Crippen LogP) is 21.5. The summed E-state index contributed by atoms with van der Waals surface area (Å²) in [6.07, 6.45) is 33.1. The fourth-order valence-corrected chi connectivity index (χ4v) is 11.8. The zero-order chi connectivity index (χ0) is 49.7. The molecule has 0 spiro atoms. The molecule has 0 bridgehead atoms. The van der Waals surface area contributed by atoms with Gasteiger partial charge in [-0.2, -0.15) is 12.1 Å². The maximum absolute atomic E-state index is 4.93. The molecule has 0 heterocycles. The molecule has 69 heavy (non-hydrogen) atoms. The molecular weight excluding hydrogens is 1100 g/mol. The molecule has 0 aromatic heterocycles. The summed E-state index contributed by atoms with van der Waals surface area (Å²) in [6.45, 7) is 16.0. The Bertz CT molecular complexity index is 2080. The molecule has 0 saturated heterocycles. The van der Waals surface area contributed by atoms with Crippen LogP contribution >= 0.6 is 34.1 Å². The third-order valence-corrected chi connectivity index (χ3v) is 15.0. The Hall–Kier alpha value is -0.757. The van der Waals surface area contributed by atoms with Crippen molar-refractivity contribution in [2.24, 2.45) is 10.8 Å². The van der Waals surface area contributed by atoms with E-state index in [1.807, 2.05) is 0 Å². The van der Waals surface area contributed by atoms with Crippen LogP contribution < -0.4 is 0 Å². The molecule has 0 aliphatic heterocycles. The number of hydrogen-bond acceptors (Lipinski definition) is 0. The first-order valence-corrected chi connectivity index (χ1v) is 40.5. The Morgan fingerprint density at radius 3 is 1.07 bits per heavy atom. The Kier molecular flexibility index (Phi) is 30.6. The van der Waals surface area contributed by atoms with Gasteiger partial charge < -0.3 is 22.6 Å². The van der Waals surface area contributed by atoms with Gasteiger partial charge in [0.05, 0.1) is 0 Å². The molecule has 2 aliphatic rings. The van der Waals surface area contributed by atoms with E-state index < -0.39 is 41.7 Å². The average Bonchev–Trinajstić information content (AvgIpc) is 4.02. The minimum absolute atomic E-state index is 0.520. The van der Waals surface area contributed by atoms with Gasteiger partial charge in [-0.15, -0.1) is 69.1 Å². The first-order valence-electron chi connectivity index (χ1n) is 26.5. The van der Waals surface area contributed by atoms with Gasteiger partial charge in [0.1, 0.15) is 0 Å². The van der Waals surface area contributed by atoms with Crippen molar-refractivity contribution < 1.29 is 41.7 Å². The number of aryl methyl sites for hydroxylation is 2. The van der Waals surface area contributed by atoms with Crippen LogP contribution in [0.25, 0.3) is 43.8 Å². The molecule has 0 unspecified atom stereocenters. The summed E-state index contributed by atoms with van der Waals surface area (Å²) in [4.78, 5) is 0. The van der Waals surface area contributed by atoms with E-state index in [9.17, 15) is 0 Å². The molecule has 2 saturated carbocycles. The van der Waals surface area contributed by atoms with Crippen LogP contribution in [0.4, 0.5) is 0 Å². The van der Waals surface area contributed by atoms with Crippen LogP contribution in [-0.4, -0.2) is 9.52 Å². The van der Waals surface area contributed by atoms with Crippen molar-refractivity contribution in [3.63, 3.8) is 0 Å². The van der Waals surface area contributed by atoms with E-state index in [4.69, 9.17) is 34.1 Å². The second-order valence-corrected chi connectivity index (χ2v) is 27.9. The summed E-state index contributed by atoms with van der Waals surface area (Å²) in [5.74, 6) is 0. The summed E-state index contributed by atoms with van der Waals surface area (Å²) in [5.41, 5.74) is 12.5. The van der Waals surface area contributed by atoms with Crippen LogP contribution in [0.1, 0.15) is 178 Å². The van der Waals surface area contributed by atoms with Crippen molar-refractivity contribution >= 4 is 65.1 Å². The van der Waals surface area contributed by atoms with Crippen molar-refractivity contribution in [3.05, 3.63) is 145 Å². The zero-order valence-electron chi connectivity index (χ0n) is 42.8. The number of benzene rings is 4. The van der Waals surface area contributed by atoms with E-state index in [2.05, 4.69) is 150 Å². The van der Waals surface area contributed by atoms with Crippen molar-refractivity contribution in [1.29, 1.82) is 0 Å². The number of hydrogen-bond donors (Lipinski definition) is 0. The molecule has 0 amide bonds. The number of fused-ring (bicyclic) bond motifs is 2. The molecular formula is C62H82Cl4SiZr2. The van der Waals surface area contributed by atoms with Gasteiger partial charge in [-0.25, -0.2) is 0 Å². The third-order valence-electron chi connectivity index (χ3n) is 15.0. The average molecular weight is 1180 g/mol. The van der Waals surface area contributed by atoms with Crippen molar-refractivity contribution in [1.82, 2.24) is 0 Å². The van der Waals surface area contributed by atoms with Gasteiger partial charge in [0.25, 0.3) is 0 Å². The molecule has 8 rings (SSSR count). The molecule has 0 atom stereocenters. The van der Waals surface area contributed by atoms with Crippen molar-refractivity contribution in [2.45, 2.75) is 182 Å². The van der Waals surface area contributed by atoms with Gasteiger partial charge in [0.15, 0.2) is 0 Å². The summed E-state index contributed by atoms with van der Waals surface area (Å²) in [7, 11) is 20.3. The van der Waals surface area contributed by atoms with E-state index in [1.165, 1.54) is 196 Å². The predicted molar refractivity (Wildman–Crippen MR) is 305 cm³/mol. The molecule has 2 radical (unpaired) electrons. The molecule has 6 aromatic rings. The first-order chi connectivity index (χ1) is 33.7. The van der Waals surface area contributed by atoms with Gasteiger partial charge >= 0.3 is 75.7 Å². The summed E-state index contributed by atoms with van der Waals surface area (Å²) in [5, 5.41) is 5.70. The maximum atomic E-state index is 4.93. The van der Waals surface area contributed by atoms with Crippen molar-refractivity contribution in [3.8, 4) is 22.3 Å². The summed E-state index contributed by atoms with van der Waals surface area (Å²) in [6, 6.07) is 42.0. The molecule has 7 heteroatoms. The molecule has 0 nitrogen and oxygen atoms in total. The normalized spacial score (nSPS) is 15.7. The fraction of sp³-hybridized carbons (Fsp3) is 0.484. The SMILES string of the molecule is CCCC1(Cc2cc3c(-c4ccc(CC)cc4)cccc3[cH-]2)CCCCCCCC1.CCCC1(Cc2cc3c(-c4ccc(CC)cc4)cccc3[cH-]2)CCCCCCCC1.[CH2-][Si][CH2-].[Cl][Zr+2][Cl].[Cl][Zr+2][Cl]. The first kappa shape index (κ1) is 60.8. The van der Waals surface area contributed by atoms with Gasteiger partial charge in [0, 0.05) is 0 Å². The summed E-state index contributed by atoms with van der Waals surface area (Å²) < 4.78 is 0. The monoisotopic (exact) mass is 1170 g/mol. The Labute approximate surface area is 461 Å². The fourth-order valence-electron chi connectivity index (χ4n) is 11.8. The number of rotatable bonds is 12. The van der Waals surface area contributed by atoms with E-state index in [1.54, 1.807) is 11.1 Å². The van der Waals surface area contributed by atoms with Crippen LogP contribution in [0, 0.1) is 23.9 Å². The standard InChI is InChI=1S/2C30H39.C2H4Si.4ClH.2Zr/c2*1-3-18-30(19-9-7-5-6-8-10-20-30)23-25-21-27-12-11-13-28(29(27)22-25)26-16-14-24(4-2)15-17-26;1-3-2;;;;;;/h2*11-17,21-22H,3-10,18-20,23H2,1-2H3;1-2H2;4*1H;;/q2*-1;-2;;;;;2*+4/p-4. The topological polar surface area (TPSA) is 0 Å². The van der Waals surface area contributed by atoms with E-state index in [-0.39, 0.29) is 0 Å². The van der Waals surface area contributed by atoms with Crippen LogP contribution in [-0.2, 0) is 67.4 Å². The van der Waals surface area contributed by atoms with Crippen LogP contribution in [0.5, 0.6) is 0 Å². The van der Waals surface area contributed by atoms with Gasteiger partial charge in [0.2, 0.25) is 0 Å². The Morgan fingerprint density at radius 2 is 0.783 bits per heavy atom. The quantitative estimate of drug-likeness (QED) is 0.0846. The van der Waals surface area contributed by atoms with E-state index >= 15 is 0 Å². The Morgan fingerprint density at radius 1 is 0.478 bits per heavy atom. The van der Waals surface area contributed by atoms with Crippen molar-refractivity contribution in [2.75, 3.05) is 0 Å². The number of halogens is 4.